The lowest BCUT2D eigenvalue weighted by molar-refractivity contribution is -0.138. The molecule has 1 aromatic rings. The number of nitrogens with one attached hydrogen (secondary N) is 1. The highest BCUT2D eigenvalue weighted by Crippen LogP contribution is 2.18. The molecule has 1 aromatic carbocycles. The van der Waals surface area contributed by atoms with E-state index in [1.807, 2.05) is 13.8 Å². The van der Waals surface area contributed by atoms with Crippen LogP contribution in [-0.2, 0) is 19.6 Å². The van der Waals surface area contributed by atoms with E-state index in [0.29, 0.717) is 50.0 Å². The van der Waals surface area contributed by atoms with Gasteiger partial charge in [-0.25, -0.2) is 8.42 Å². The molecule has 0 saturated carbocycles. The summed E-state index contributed by atoms with van der Waals surface area (Å²) in [5.41, 5.74) is 0.375. The molecule has 30 heavy (non-hydrogen) atoms. The largest absolute Gasteiger partial charge is 0.491 e. The number of ether oxygens (including phenoxy) is 1. The number of sulfonamides is 1. The Morgan fingerprint density at radius 2 is 1.50 bits per heavy atom. The number of hydrogen-bond acceptors (Lipinski definition) is 5. The number of carbonyl (C=O) groups is 2. The lowest BCUT2D eigenvalue weighted by atomic mass is 10.1. The average molecular weight is 440 g/mol. The van der Waals surface area contributed by atoms with E-state index in [2.05, 4.69) is 18.6 Å². The van der Waals surface area contributed by atoms with Gasteiger partial charge in [0.1, 0.15) is 11.5 Å². The minimum absolute atomic E-state index is 0.0242. The summed E-state index contributed by atoms with van der Waals surface area (Å²) in [5, 5.41) is 0. The van der Waals surface area contributed by atoms with E-state index in [9.17, 15) is 18.0 Å². The molecule has 0 aliphatic carbocycles. The fraction of sp³-hybridized carbons (Fsp3) is 0.619. The Hall–Kier alpha value is -2.29. The van der Waals surface area contributed by atoms with E-state index in [-0.39, 0.29) is 12.0 Å². The number of nitrogens with zero attached hydrogens (tertiary/aromatic N) is 2. The van der Waals surface area contributed by atoms with Crippen molar-refractivity contribution in [2.45, 2.75) is 46.6 Å². The maximum atomic E-state index is 12.5. The van der Waals surface area contributed by atoms with Crippen molar-refractivity contribution < 1.29 is 22.7 Å². The summed E-state index contributed by atoms with van der Waals surface area (Å²) in [5.74, 6) is 0.114. The molecule has 0 aromatic heterocycles. The molecule has 0 bridgehead atoms. The van der Waals surface area contributed by atoms with E-state index in [1.165, 1.54) is 4.90 Å². The van der Waals surface area contributed by atoms with Gasteiger partial charge < -0.3 is 14.5 Å². The topological polar surface area (TPSA) is 96.0 Å². The summed E-state index contributed by atoms with van der Waals surface area (Å²) in [4.78, 5) is 27.9. The van der Waals surface area contributed by atoms with Gasteiger partial charge >= 0.3 is 0 Å². The molecule has 8 nitrogen and oxygen atoms in total. The monoisotopic (exact) mass is 439 g/mol. The predicted octanol–water partition coefficient (Wildman–Crippen LogP) is 2.32. The molecule has 1 fully saturated rings. The molecule has 168 valence electrons. The molecule has 1 N–H and O–H groups in total. The standard InChI is InChI=1S/C21H33N3O5S/c1-16(2)5-10-20(25)23-11-13-24(14-12-23)21(26)15-30(27,28)22-18-6-8-19(9-7-18)29-17(3)4/h6-9,16-17,22H,5,10-15H2,1-4H3. The second kappa shape index (κ2) is 10.7. The summed E-state index contributed by atoms with van der Waals surface area (Å²) in [6.07, 6.45) is 1.37. The van der Waals surface area contributed by atoms with Crippen LogP contribution in [0.15, 0.2) is 24.3 Å². The first-order chi connectivity index (χ1) is 14.1. The van der Waals surface area contributed by atoms with Crippen molar-refractivity contribution in [2.75, 3.05) is 36.7 Å². The Labute approximate surface area is 179 Å². The normalized spacial score (nSPS) is 14.9. The van der Waals surface area contributed by atoms with Crippen molar-refractivity contribution in [3.8, 4) is 5.75 Å². The zero-order valence-corrected chi connectivity index (χ0v) is 19.1. The SMILES string of the molecule is CC(C)CCC(=O)N1CCN(C(=O)CS(=O)(=O)Nc2ccc(OC(C)C)cc2)CC1. The molecule has 0 spiro atoms. The van der Waals surface area contributed by atoms with Crippen LogP contribution in [0.2, 0.25) is 0 Å². The molecule has 0 atom stereocenters. The average Bonchev–Trinajstić information content (AvgIpc) is 2.66. The fourth-order valence-electron chi connectivity index (χ4n) is 3.12. The van der Waals surface area contributed by atoms with Crippen LogP contribution in [0, 0.1) is 5.92 Å². The third-order valence-electron chi connectivity index (χ3n) is 4.73. The first-order valence-corrected chi connectivity index (χ1v) is 12.0. The van der Waals surface area contributed by atoms with Crippen molar-refractivity contribution in [1.29, 1.82) is 0 Å². The number of rotatable bonds is 9. The second-order valence-electron chi connectivity index (χ2n) is 8.25. The van der Waals surface area contributed by atoms with Crippen LogP contribution in [0.1, 0.15) is 40.5 Å². The first kappa shape index (κ1) is 24.0. The molecule has 2 rings (SSSR count). The van der Waals surface area contributed by atoms with Crippen molar-refractivity contribution >= 4 is 27.5 Å². The van der Waals surface area contributed by atoms with E-state index >= 15 is 0 Å². The van der Waals surface area contributed by atoms with Gasteiger partial charge in [0.2, 0.25) is 21.8 Å². The Morgan fingerprint density at radius 3 is 2.00 bits per heavy atom. The molecule has 1 aliphatic heterocycles. The molecule has 0 radical (unpaired) electrons. The summed E-state index contributed by atoms with van der Waals surface area (Å²) in [7, 11) is -3.83. The van der Waals surface area contributed by atoms with Crippen LogP contribution < -0.4 is 9.46 Å². The van der Waals surface area contributed by atoms with Crippen LogP contribution in [0.3, 0.4) is 0 Å². The second-order valence-corrected chi connectivity index (χ2v) is 9.97. The maximum Gasteiger partial charge on any atom is 0.241 e. The van der Waals surface area contributed by atoms with Crippen LogP contribution in [0.5, 0.6) is 5.75 Å². The van der Waals surface area contributed by atoms with E-state index in [1.54, 1.807) is 29.2 Å². The Kier molecular flexibility index (Phi) is 8.52. The van der Waals surface area contributed by atoms with E-state index in [0.717, 1.165) is 6.42 Å². The van der Waals surface area contributed by atoms with E-state index in [4.69, 9.17) is 4.74 Å². The lowest BCUT2D eigenvalue weighted by Gasteiger charge is -2.35. The zero-order chi connectivity index (χ0) is 22.3. The quantitative estimate of drug-likeness (QED) is 0.637. The summed E-state index contributed by atoms with van der Waals surface area (Å²) >= 11 is 0. The number of anilines is 1. The van der Waals surface area contributed by atoms with Crippen LogP contribution in [0.25, 0.3) is 0 Å². The van der Waals surface area contributed by atoms with Gasteiger partial charge in [-0.1, -0.05) is 13.8 Å². The van der Waals surface area contributed by atoms with Crippen molar-refractivity contribution in [3.05, 3.63) is 24.3 Å². The first-order valence-electron chi connectivity index (χ1n) is 10.4. The molecule has 1 heterocycles. The van der Waals surface area contributed by atoms with Gasteiger partial charge in [-0.3, -0.25) is 14.3 Å². The highest BCUT2D eigenvalue weighted by atomic mass is 32.2. The zero-order valence-electron chi connectivity index (χ0n) is 18.3. The number of benzene rings is 1. The highest BCUT2D eigenvalue weighted by Gasteiger charge is 2.27. The molecule has 1 saturated heterocycles. The lowest BCUT2D eigenvalue weighted by Crippen LogP contribution is -2.52. The third-order valence-corrected chi connectivity index (χ3v) is 5.91. The number of amides is 2. The Bertz CT molecular complexity index is 814. The molecular weight excluding hydrogens is 406 g/mol. The van der Waals surface area contributed by atoms with Gasteiger partial charge in [-0.2, -0.15) is 0 Å². The maximum absolute atomic E-state index is 12.5. The van der Waals surface area contributed by atoms with Crippen LogP contribution >= 0.6 is 0 Å². The Balaban J connectivity index is 1.83. The molecular formula is C21H33N3O5S. The van der Waals surface area contributed by atoms with Crippen LogP contribution in [0.4, 0.5) is 5.69 Å². The van der Waals surface area contributed by atoms with Gasteiger partial charge in [0, 0.05) is 38.3 Å². The van der Waals surface area contributed by atoms with Gasteiger partial charge in [0.25, 0.3) is 0 Å². The van der Waals surface area contributed by atoms with E-state index < -0.39 is 21.7 Å². The third kappa shape index (κ3) is 7.85. The summed E-state index contributed by atoms with van der Waals surface area (Å²) in [6.45, 7) is 9.54. The highest BCUT2D eigenvalue weighted by molar-refractivity contribution is 7.93. The predicted molar refractivity (Wildman–Crippen MR) is 117 cm³/mol. The van der Waals surface area contributed by atoms with Gasteiger partial charge in [-0.15, -0.1) is 0 Å². The van der Waals surface area contributed by atoms with Gasteiger partial charge in [0.15, 0.2) is 0 Å². The number of hydrogen-bond donors (Lipinski definition) is 1. The minimum Gasteiger partial charge on any atom is -0.491 e. The Morgan fingerprint density at radius 1 is 0.967 bits per heavy atom. The number of piperazine rings is 1. The molecule has 0 unspecified atom stereocenters. The summed E-state index contributed by atoms with van der Waals surface area (Å²) < 4.78 is 32.7. The van der Waals surface area contributed by atoms with Gasteiger partial charge in [-0.05, 0) is 50.5 Å². The fourth-order valence-corrected chi connectivity index (χ4v) is 4.19. The molecule has 2 amide bonds. The smallest absolute Gasteiger partial charge is 0.241 e. The van der Waals surface area contributed by atoms with Crippen molar-refractivity contribution in [3.63, 3.8) is 0 Å². The number of carbonyl (C=O) groups excluding carboxylic acids is 2. The molecule has 1 aliphatic rings. The summed E-state index contributed by atoms with van der Waals surface area (Å²) in [6, 6.07) is 6.55. The minimum atomic E-state index is -3.83. The molecule has 9 heteroatoms. The van der Waals surface area contributed by atoms with Crippen molar-refractivity contribution in [1.82, 2.24) is 9.80 Å². The van der Waals surface area contributed by atoms with Gasteiger partial charge in [0.05, 0.1) is 6.10 Å². The van der Waals surface area contributed by atoms with Crippen molar-refractivity contribution in [2.24, 2.45) is 5.92 Å². The van der Waals surface area contributed by atoms with Crippen LogP contribution in [-0.4, -0.2) is 68.1 Å².